The zero-order valence-electron chi connectivity index (χ0n) is 14.7. The Hall–Kier alpha value is -1.25. The summed E-state index contributed by atoms with van der Waals surface area (Å²) < 4.78 is 5.53. The number of nitrogens with zero attached hydrogens (tertiary/aromatic N) is 2. The first-order valence-electron chi connectivity index (χ1n) is 8.51. The first-order chi connectivity index (χ1) is 10.1. The van der Waals surface area contributed by atoms with Crippen LogP contribution < -0.4 is 4.90 Å². The lowest BCUT2D eigenvalue weighted by Crippen LogP contribution is -2.23. The molecule has 0 amide bonds. The van der Waals surface area contributed by atoms with E-state index < -0.39 is 0 Å². The molecule has 1 aromatic heterocycles. The lowest BCUT2D eigenvalue weighted by Gasteiger charge is -2.25. The largest absolute Gasteiger partial charge is 0.359 e. The number of rotatable bonds is 9. The van der Waals surface area contributed by atoms with E-state index >= 15 is 0 Å². The van der Waals surface area contributed by atoms with Crippen LogP contribution in [-0.2, 0) is 6.42 Å². The summed E-state index contributed by atoms with van der Waals surface area (Å²) in [6.45, 7) is 14.3. The topological polar surface area (TPSA) is 29.3 Å². The minimum Gasteiger partial charge on any atom is -0.359 e. The quantitative estimate of drug-likeness (QED) is 0.595. The summed E-state index contributed by atoms with van der Waals surface area (Å²) in [4.78, 5) is 2.31. The zero-order valence-corrected chi connectivity index (χ0v) is 14.7. The van der Waals surface area contributed by atoms with Crippen LogP contribution in [0, 0.1) is 5.92 Å². The minimum atomic E-state index is 0.693. The van der Waals surface area contributed by atoms with Crippen molar-refractivity contribution in [3.05, 3.63) is 23.1 Å². The molecule has 0 aromatic carbocycles. The van der Waals surface area contributed by atoms with E-state index in [2.05, 4.69) is 57.7 Å². The molecule has 1 aromatic rings. The second-order valence-electron chi connectivity index (χ2n) is 5.94. The van der Waals surface area contributed by atoms with Crippen LogP contribution in [0.4, 0.5) is 5.82 Å². The molecule has 0 aliphatic rings. The highest BCUT2D eigenvalue weighted by atomic mass is 16.5. The molecule has 1 rings (SSSR count). The average Bonchev–Trinajstić information content (AvgIpc) is 2.94. The molecule has 0 bridgehead atoms. The van der Waals surface area contributed by atoms with Gasteiger partial charge in [0.15, 0.2) is 5.82 Å². The highest BCUT2D eigenvalue weighted by Gasteiger charge is 2.16. The van der Waals surface area contributed by atoms with Crippen LogP contribution in [0.25, 0.3) is 0 Å². The Bertz CT molecular complexity index is 440. The fourth-order valence-corrected chi connectivity index (χ4v) is 2.76. The van der Waals surface area contributed by atoms with E-state index in [4.69, 9.17) is 4.52 Å². The van der Waals surface area contributed by atoms with Gasteiger partial charge in [0.1, 0.15) is 5.76 Å². The van der Waals surface area contributed by atoms with Gasteiger partial charge in [-0.05, 0) is 38.5 Å². The number of hydrogen-bond acceptors (Lipinski definition) is 3. The Morgan fingerprint density at radius 1 is 1.14 bits per heavy atom. The van der Waals surface area contributed by atoms with Gasteiger partial charge in [0.05, 0.1) is 0 Å². The van der Waals surface area contributed by atoms with Gasteiger partial charge in [-0.2, -0.15) is 0 Å². The third kappa shape index (κ3) is 4.90. The van der Waals surface area contributed by atoms with E-state index in [0.29, 0.717) is 5.92 Å². The lowest BCUT2D eigenvalue weighted by atomic mass is 10.1. The number of anilines is 1. The summed E-state index contributed by atoms with van der Waals surface area (Å²) in [5.74, 6) is 2.66. The normalized spacial score (nSPS) is 11.0. The Morgan fingerprint density at radius 2 is 1.81 bits per heavy atom. The summed E-state index contributed by atoms with van der Waals surface area (Å²) in [5.41, 5.74) is 2.93. The highest BCUT2D eigenvalue weighted by molar-refractivity contribution is 5.47. The fraction of sp³-hybridized carbons (Fsp3) is 0.722. The van der Waals surface area contributed by atoms with E-state index in [1.54, 1.807) is 0 Å². The highest BCUT2D eigenvalue weighted by Crippen LogP contribution is 2.26. The molecule has 0 atom stereocenters. The minimum absolute atomic E-state index is 0.693. The van der Waals surface area contributed by atoms with Crippen molar-refractivity contribution in [2.45, 2.75) is 73.6 Å². The maximum absolute atomic E-state index is 5.53. The van der Waals surface area contributed by atoms with Crippen molar-refractivity contribution in [3.63, 3.8) is 0 Å². The lowest BCUT2D eigenvalue weighted by molar-refractivity contribution is 0.373. The van der Waals surface area contributed by atoms with Gasteiger partial charge in [0, 0.05) is 24.7 Å². The van der Waals surface area contributed by atoms with Crippen molar-refractivity contribution in [2.75, 3.05) is 11.4 Å². The molecule has 0 N–H and O–H groups in total. The second-order valence-corrected chi connectivity index (χ2v) is 5.94. The van der Waals surface area contributed by atoms with Crippen molar-refractivity contribution < 1.29 is 4.52 Å². The molecule has 3 nitrogen and oxygen atoms in total. The molecule has 0 saturated carbocycles. The predicted octanol–water partition coefficient (Wildman–Crippen LogP) is 5.57. The summed E-state index contributed by atoms with van der Waals surface area (Å²) in [6, 6.07) is 2.12. The third-order valence-corrected chi connectivity index (χ3v) is 4.03. The standard InChI is InChI=1S/C18H32N2O/c1-7-15(8-2)17(9-3)20(10-4)18-13-16(21-19-18)12-11-14(5)6/h13-14H,7-12H2,1-6H3. The molecule has 0 aliphatic carbocycles. The monoisotopic (exact) mass is 292 g/mol. The molecule has 1 heterocycles. The van der Waals surface area contributed by atoms with Gasteiger partial charge < -0.3 is 9.42 Å². The molecule has 0 radical (unpaired) electrons. The van der Waals surface area contributed by atoms with Crippen molar-refractivity contribution in [1.29, 1.82) is 0 Å². The van der Waals surface area contributed by atoms with Crippen LogP contribution in [0.15, 0.2) is 21.9 Å². The maximum Gasteiger partial charge on any atom is 0.176 e. The van der Waals surface area contributed by atoms with E-state index in [0.717, 1.165) is 50.2 Å². The van der Waals surface area contributed by atoms with Crippen LogP contribution in [0.2, 0.25) is 0 Å². The SMILES string of the molecule is CCC(CC)=C(CC)N(CC)c1cc(CCC(C)C)on1. The third-order valence-electron chi connectivity index (χ3n) is 4.03. The van der Waals surface area contributed by atoms with E-state index in [9.17, 15) is 0 Å². The van der Waals surface area contributed by atoms with Crippen molar-refractivity contribution >= 4 is 5.82 Å². The van der Waals surface area contributed by atoms with Crippen LogP contribution in [-0.4, -0.2) is 11.7 Å². The van der Waals surface area contributed by atoms with E-state index in [-0.39, 0.29) is 0 Å². The van der Waals surface area contributed by atoms with Crippen molar-refractivity contribution in [2.24, 2.45) is 5.92 Å². The molecule has 0 saturated heterocycles. The summed E-state index contributed by atoms with van der Waals surface area (Å²) in [6.07, 6.45) is 5.37. The van der Waals surface area contributed by atoms with Crippen LogP contribution in [0.1, 0.15) is 73.0 Å². The molecule has 120 valence electrons. The van der Waals surface area contributed by atoms with Crippen molar-refractivity contribution in [1.82, 2.24) is 5.16 Å². The number of allylic oxidation sites excluding steroid dienone is 2. The second kappa shape index (κ2) is 8.91. The molecular formula is C18H32N2O. The maximum atomic E-state index is 5.53. The first kappa shape index (κ1) is 17.8. The Balaban J connectivity index is 2.96. The van der Waals surface area contributed by atoms with Gasteiger partial charge in [0.2, 0.25) is 0 Å². The zero-order chi connectivity index (χ0) is 15.8. The number of hydrogen-bond donors (Lipinski definition) is 0. The van der Waals surface area contributed by atoms with Crippen molar-refractivity contribution in [3.8, 4) is 0 Å². The molecule has 0 fully saturated rings. The summed E-state index contributed by atoms with van der Waals surface area (Å²) >= 11 is 0. The number of aromatic nitrogens is 1. The Kier molecular flexibility index (Phi) is 7.55. The molecule has 0 spiro atoms. The Morgan fingerprint density at radius 3 is 2.29 bits per heavy atom. The fourth-order valence-electron chi connectivity index (χ4n) is 2.76. The molecule has 3 heteroatoms. The number of aryl methyl sites for hydroxylation is 1. The average molecular weight is 292 g/mol. The van der Waals surface area contributed by atoms with E-state index in [1.807, 2.05) is 0 Å². The van der Waals surface area contributed by atoms with Gasteiger partial charge >= 0.3 is 0 Å². The van der Waals surface area contributed by atoms with Crippen LogP contribution in [0.3, 0.4) is 0 Å². The van der Waals surface area contributed by atoms with E-state index in [1.165, 1.54) is 11.3 Å². The predicted molar refractivity (Wildman–Crippen MR) is 90.6 cm³/mol. The summed E-state index contributed by atoms with van der Waals surface area (Å²) in [5, 5.41) is 4.30. The van der Waals surface area contributed by atoms with Gasteiger partial charge in [0.25, 0.3) is 0 Å². The Labute approximate surface area is 130 Å². The van der Waals surface area contributed by atoms with Crippen LogP contribution in [0.5, 0.6) is 0 Å². The van der Waals surface area contributed by atoms with Gasteiger partial charge in [-0.15, -0.1) is 0 Å². The molecule has 21 heavy (non-hydrogen) atoms. The smallest absolute Gasteiger partial charge is 0.176 e. The first-order valence-corrected chi connectivity index (χ1v) is 8.51. The van der Waals surface area contributed by atoms with Gasteiger partial charge in [-0.1, -0.05) is 45.3 Å². The van der Waals surface area contributed by atoms with Crippen LogP contribution >= 0.6 is 0 Å². The summed E-state index contributed by atoms with van der Waals surface area (Å²) in [7, 11) is 0. The van der Waals surface area contributed by atoms with Gasteiger partial charge in [-0.25, -0.2) is 0 Å². The van der Waals surface area contributed by atoms with Gasteiger partial charge in [-0.3, -0.25) is 0 Å². The molecule has 0 unspecified atom stereocenters. The molecule has 0 aliphatic heterocycles. The molecular weight excluding hydrogens is 260 g/mol.